The molecule has 3 heterocycles. The first-order chi connectivity index (χ1) is 17.7. The maximum Gasteiger partial charge on any atom is 0.156 e. The number of rotatable bonds is 6. The van der Waals surface area contributed by atoms with Crippen molar-refractivity contribution < 1.29 is 4.79 Å². The van der Waals surface area contributed by atoms with Crippen molar-refractivity contribution in [1.82, 2.24) is 9.88 Å². The van der Waals surface area contributed by atoms with E-state index in [4.69, 9.17) is 11.6 Å². The fourth-order valence-corrected chi connectivity index (χ4v) is 6.00. The maximum atomic E-state index is 13.9. The summed E-state index contributed by atoms with van der Waals surface area (Å²) in [5.74, 6) is 0.274. The minimum absolute atomic E-state index is 0.0966. The number of aryl methyl sites for hydroxylation is 1. The van der Waals surface area contributed by atoms with Crippen molar-refractivity contribution in [2.24, 2.45) is 0 Å². The summed E-state index contributed by atoms with van der Waals surface area (Å²) in [6.07, 6.45) is 4.37. The first-order valence-electron chi connectivity index (χ1n) is 12.8. The molecule has 5 nitrogen and oxygen atoms in total. The van der Waals surface area contributed by atoms with Gasteiger partial charge >= 0.3 is 0 Å². The molecule has 0 bridgehead atoms. The molecule has 0 radical (unpaired) electrons. The van der Waals surface area contributed by atoms with E-state index in [-0.39, 0.29) is 17.9 Å². The molecule has 3 aromatic carbocycles. The lowest BCUT2D eigenvalue weighted by Gasteiger charge is -2.44. The molecule has 4 aromatic rings. The Balaban J connectivity index is 1.23. The molecule has 6 rings (SSSR count). The Morgan fingerprint density at radius 1 is 0.944 bits per heavy atom. The first kappa shape index (κ1) is 23.1. The van der Waals surface area contributed by atoms with Crippen molar-refractivity contribution in [3.63, 3.8) is 0 Å². The van der Waals surface area contributed by atoms with Crippen LogP contribution in [0.3, 0.4) is 0 Å². The van der Waals surface area contributed by atoms with Crippen molar-refractivity contribution in [2.45, 2.75) is 31.3 Å². The first-order valence-corrected chi connectivity index (χ1v) is 13.2. The fraction of sp³-hybridized carbons (Fsp3) is 0.300. The lowest BCUT2D eigenvalue weighted by Crippen LogP contribution is -2.59. The molecule has 1 fully saturated rings. The molecule has 2 atom stereocenters. The van der Waals surface area contributed by atoms with Crippen LogP contribution in [0, 0.1) is 0 Å². The van der Waals surface area contributed by atoms with Crippen molar-refractivity contribution in [3.8, 4) is 0 Å². The second-order valence-corrected chi connectivity index (χ2v) is 10.3. The number of hydrogen-bond donors (Lipinski definition) is 2. The molecular weight excluding hydrogens is 468 g/mol. The van der Waals surface area contributed by atoms with Crippen molar-refractivity contribution in [2.75, 3.05) is 36.4 Å². The number of Topliss-reactive ketones (excluding diaryl/α,β-unsaturated/α-hetero) is 1. The Morgan fingerprint density at radius 2 is 1.75 bits per heavy atom. The summed E-state index contributed by atoms with van der Waals surface area (Å²) in [4.78, 5) is 22.1. The number of para-hydroxylation sites is 1. The van der Waals surface area contributed by atoms with Crippen LogP contribution < -0.4 is 10.2 Å². The topological polar surface area (TPSA) is 51.4 Å². The summed E-state index contributed by atoms with van der Waals surface area (Å²) in [6, 6.07) is 24.7. The number of hydrogen-bond acceptors (Lipinski definition) is 4. The Morgan fingerprint density at radius 3 is 2.58 bits per heavy atom. The van der Waals surface area contributed by atoms with Crippen LogP contribution in [0.1, 0.15) is 17.5 Å². The third-order valence-electron chi connectivity index (χ3n) is 7.71. The SMILES string of the molecule is O=C(Cc1ccc(Cl)cc1)C(C1CCc2ccccc2N1)N1CCN(c2cccc3[nH]ccc23)CC1. The van der Waals surface area contributed by atoms with Gasteiger partial charge in [-0.3, -0.25) is 9.69 Å². The van der Waals surface area contributed by atoms with Gasteiger partial charge in [0.2, 0.25) is 0 Å². The van der Waals surface area contributed by atoms with E-state index in [9.17, 15) is 4.79 Å². The highest BCUT2D eigenvalue weighted by atomic mass is 35.5. The van der Waals surface area contributed by atoms with Crippen LogP contribution in [0.4, 0.5) is 11.4 Å². The van der Waals surface area contributed by atoms with Gasteiger partial charge < -0.3 is 15.2 Å². The van der Waals surface area contributed by atoms with Gasteiger partial charge in [-0.1, -0.05) is 48.0 Å². The second-order valence-electron chi connectivity index (χ2n) is 9.90. The number of ketones is 1. The van der Waals surface area contributed by atoms with Crippen molar-refractivity contribution in [1.29, 1.82) is 0 Å². The number of aromatic amines is 1. The average molecular weight is 499 g/mol. The largest absolute Gasteiger partial charge is 0.380 e. The van der Waals surface area contributed by atoms with Gasteiger partial charge in [-0.15, -0.1) is 0 Å². The van der Waals surface area contributed by atoms with Gasteiger partial charge in [0.05, 0.1) is 6.04 Å². The Hall–Kier alpha value is -3.28. The molecule has 6 heteroatoms. The van der Waals surface area contributed by atoms with Gasteiger partial charge in [0.15, 0.2) is 5.78 Å². The van der Waals surface area contributed by atoms with E-state index in [0.29, 0.717) is 11.4 Å². The zero-order chi connectivity index (χ0) is 24.5. The molecular formula is C30H31ClN4O. The molecule has 0 amide bonds. The van der Waals surface area contributed by atoms with Crippen molar-refractivity contribution in [3.05, 3.63) is 95.1 Å². The van der Waals surface area contributed by atoms with Gasteiger partial charge in [-0.25, -0.2) is 0 Å². The van der Waals surface area contributed by atoms with Gasteiger partial charge in [0, 0.05) is 72.1 Å². The number of H-pyrrole nitrogens is 1. The summed E-state index contributed by atoms with van der Waals surface area (Å²) in [7, 11) is 0. The number of carbonyl (C=O) groups excluding carboxylic acids is 1. The summed E-state index contributed by atoms with van der Waals surface area (Å²) < 4.78 is 0. The number of carbonyl (C=O) groups is 1. The lowest BCUT2D eigenvalue weighted by atomic mass is 9.88. The third-order valence-corrected chi connectivity index (χ3v) is 7.96. The summed E-state index contributed by atoms with van der Waals surface area (Å²) in [5, 5.41) is 5.68. The summed E-state index contributed by atoms with van der Waals surface area (Å²) in [6.45, 7) is 3.52. The van der Waals surface area contributed by atoms with Crippen LogP contribution in [0.2, 0.25) is 5.02 Å². The number of nitrogens with zero attached hydrogens (tertiary/aromatic N) is 2. The van der Waals surface area contributed by atoms with Crippen LogP contribution in [-0.2, 0) is 17.6 Å². The molecule has 1 saturated heterocycles. The van der Waals surface area contributed by atoms with E-state index in [1.165, 1.54) is 16.6 Å². The van der Waals surface area contributed by atoms with Crippen LogP contribution >= 0.6 is 11.6 Å². The number of nitrogens with one attached hydrogen (secondary N) is 2. The molecule has 0 aliphatic carbocycles. The van der Waals surface area contributed by atoms with Gasteiger partial charge in [-0.2, -0.15) is 0 Å². The molecule has 2 aliphatic heterocycles. The monoisotopic (exact) mass is 498 g/mol. The highest BCUT2D eigenvalue weighted by Crippen LogP contribution is 2.30. The number of anilines is 2. The number of piperazine rings is 1. The molecule has 2 N–H and O–H groups in total. The molecule has 184 valence electrons. The predicted molar refractivity (Wildman–Crippen MR) is 148 cm³/mol. The molecule has 2 aliphatic rings. The summed E-state index contributed by atoms with van der Waals surface area (Å²) >= 11 is 6.09. The minimum Gasteiger partial charge on any atom is -0.380 e. The zero-order valence-electron chi connectivity index (χ0n) is 20.3. The number of benzene rings is 3. The normalized spacial score (nSPS) is 19.0. The Labute approximate surface area is 217 Å². The lowest BCUT2D eigenvalue weighted by molar-refractivity contribution is -0.124. The molecule has 1 aromatic heterocycles. The van der Waals surface area contributed by atoms with Crippen LogP contribution in [0.15, 0.2) is 79.0 Å². The molecule has 36 heavy (non-hydrogen) atoms. The number of halogens is 1. The molecule has 0 saturated carbocycles. The quantitative estimate of drug-likeness (QED) is 0.366. The van der Waals surface area contributed by atoms with Crippen LogP contribution in [-0.4, -0.2) is 53.9 Å². The smallest absolute Gasteiger partial charge is 0.156 e. The minimum atomic E-state index is -0.167. The maximum absolute atomic E-state index is 13.9. The molecule has 2 unspecified atom stereocenters. The van der Waals surface area contributed by atoms with E-state index < -0.39 is 0 Å². The van der Waals surface area contributed by atoms with E-state index in [2.05, 4.69) is 68.6 Å². The van der Waals surface area contributed by atoms with Crippen LogP contribution in [0.25, 0.3) is 10.9 Å². The van der Waals surface area contributed by atoms with Gasteiger partial charge in [0.1, 0.15) is 0 Å². The van der Waals surface area contributed by atoms with Crippen molar-refractivity contribution >= 4 is 39.7 Å². The third kappa shape index (κ3) is 4.61. The highest BCUT2D eigenvalue weighted by molar-refractivity contribution is 6.30. The standard InChI is InChI=1S/C30H31ClN4O/c31-23-11-8-21(9-12-23)20-29(36)30(27-13-10-22-4-1-2-5-25(22)33-27)35-18-16-34(17-19-35)28-7-3-6-26-24(28)14-15-32-26/h1-9,11-12,14-15,27,30,32-33H,10,13,16-20H2. The average Bonchev–Trinajstić information content (AvgIpc) is 3.40. The van der Waals surface area contributed by atoms with E-state index in [0.717, 1.165) is 55.8 Å². The Kier molecular flexibility index (Phi) is 6.43. The van der Waals surface area contributed by atoms with E-state index >= 15 is 0 Å². The van der Waals surface area contributed by atoms with Gasteiger partial charge in [-0.05, 0) is 60.4 Å². The van der Waals surface area contributed by atoms with E-state index in [1.54, 1.807) is 0 Å². The number of fused-ring (bicyclic) bond motifs is 2. The fourth-order valence-electron chi connectivity index (χ4n) is 5.87. The van der Waals surface area contributed by atoms with Gasteiger partial charge in [0.25, 0.3) is 0 Å². The zero-order valence-corrected chi connectivity index (χ0v) is 21.0. The Bertz CT molecular complexity index is 1360. The van der Waals surface area contributed by atoms with E-state index in [1.807, 2.05) is 30.5 Å². The summed E-state index contributed by atoms with van der Waals surface area (Å²) in [5.41, 5.74) is 5.94. The number of aromatic nitrogens is 1. The molecule has 0 spiro atoms. The van der Waals surface area contributed by atoms with Crippen LogP contribution in [0.5, 0.6) is 0 Å². The predicted octanol–water partition coefficient (Wildman–Crippen LogP) is 5.55. The second kappa shape index (κ2) is 10.00. The highest BCUT2D eigenvalue weighted by Gasteiger charge is 2.37.